The van der Waals surface area contributed by atoms with E-state index in [9.17, 15) is 14.4 Å². The molecule has 0 aliphatic carbocycles. The van der Waals surface area contributed by atoms with Gasteiger partial charge in [0, 0.05) is 7.05 Å². The first-order valence-corrected chi connectivity index (χ1v) is 5.24. The number of Topliss-reactive ketones (excluding diaryl/α,β-unsaturated/α-hetero) is 1. The number of fused-ring (bicyclic) bond motifs is 1. The molecule has 0 aromatic carbocycles. The number of aromatic nitrogens is 4. The van der Waals surface area contributed by atoms with Crippen LogP contribution in [0.4, 0.5) is 0 Å². The third-order valence-electron chi connectivity index (χ3n) is 2.42. The maximum atomic E-state index is 11.7. The molecule has 0 amide bonds. The van der Waals surface area contributed by atoms with Gasteiger partial charge in [-0.3, -0.25) is 19.1 Å². The Kier molecular flexibility index (Phi) is 2.58. The molecule has 0 aliphatic rings. The van der Waals surface area contributed by atoms with Crippen LogP contribution in [0.15, 0.2) is 9.59 Å². The van der Waals surface area contributed by atoms with Crippen LogP contribution in [0.3, 0.4) is 0 Å². The van der Waals surface area contributed by atoms with Gasteiger partial charge < -0.3 is 9.55 Å². The summed E-state index contributed by atoms with van der Waals surface area (Å²) >= 11 is 5.02. The van der Waals surface area contributed by atoms with Crippen molar-refractivity contribution in [2.24, 2.45) is 7.05 Å². The third-order valence-corrected chi connectivity index (χ3v) is 2.74. The van der Waals surface area contributed by atoms with Crippen molar-refractivity contribution in [1.82, 2.24) is 19.1 Å². The van der Waals surface area contributed by atoms with Crippen LogP contribution in [-0.4, -0.2) is 24.9 Å². The van der Waals surface area contributed by atoms with Crippen LogP contribution < -0.4 is 11.2 Å². The monoisotopic (exact) mass is 254 g/mol. The SMILES string of the molecule is CC(=O)Cn1c(=S)[nH]c2c1c(=O)[nH]c(=O)n2C. The Labute approximate surface area is 99.7 Å². The number of aromatic amines is 2. The Hall–Kier alpha value is -1.96. The van der Waals surface area contributed by atoms with Crippen LogP contribution in [-0.2, 0) is 18.4 Å². The third kappa shape index (κ3) is 1.76. The van der Waals surface area contributed by atoms with Gasteiger partial charge in [-0.25, -0.2) is 4.79 Å². The Morgan fingerprint density at radius 2 is 2.00 bits per heavy atom. The van der Waals surface area contributed by atoms with Crippen molar-refractivity contribution in [3.63, 3.8) is 0 Å². The largest absolute Gasteiger partial charge is 0.329 e. The summed E-state index contributed by atoms with van der Waals surface area (Å²) in [7, 11) is 1.50. The van der Waals surface area contributed by atoms with Gasteiger partial charge in [0.25, 0.3) is 5.56 Å². The molecule has 7 nitrogen and oxygen atoms in total. The lowest BCUT2D eigenvalue weighted by Gasteiger charge is -2.01. The summed E-state index contributed by atoms with van der Waals surface area (Å²) in [4.78, 5) is 39.1. The van der Waals surface area contributed by atoms with E-state index in [0.717, 1.165) is 0 Å². The second kappa shape index (κ2) is 3.81. The van der Waals surface area contributed by atoms with Crippen molar-refractivity contribution in [3.8, 4) is 0 Å². The number of rotatable bonds is 2. The summed E-state index contributed by atoms with van der Waals surface area (Å²) in [5, 5.41) is 0. The maximum absolute atomic E-state index is 11.7. The van der Waals surface area contributed by atoms with E-state index >= 15 is 0 Å². The van der Waals surface area contributed by atoms with E-state index in [4.69, 9.17) is 12.2 Å². The lowest BCUT2D eigenvalue weighted by molar-refractivity contribution is -0.117. The van der Waals surface area contributed by atoms with Gasteiger partial charge >= 0.3 is 5.69 Å². The molecule has 2 N–H and O–H groups in total. The number of nitrogens with one attached hydrogen (secondary N) is 2. The molecule has 0 saturated heterocycles. The fourth-order valence-corrected chi connectivity index (χ4v) is 1.90. The van der Waals surface area contributed by atoms with Gasteiger partial charge in [0.05, 0.1) is 6.54 Å². The highest BCUT2D eigenvalue weighted by molar-refractivity contribution is 7.71. The summed E-state index contributed by atoms with van der Waals surface area (Å²) in [5.74, 6) is -0.129. The minimum atomic E-state index is -0.559. The first kappa shape index (κ1) is 11.5. The molecular formula is C9H10N4O3S. The molecule has 0 bridgehead atoms. The molecule has 0 spiro atoms. The molecule has 17 heavy (non-hydrogen) atoms. The zero-order chi connectivity index (χ0) is 12.7. The second-order valence-corrected chi connectivity index (χ2v) is 4.12. The fourth-order valence-electron chi connectivity index (χ4n) is 1.65. The quantitative estimate of drug-likeness (QED) is 0.718. The number of nitrogens with zero attached hydrogens (tertiary/aromatic N) is 2. The van der Waals surface area contributed by atoms with Crippen molar-refractivity contribution < 1.29 is 4.79 Å². The summed E-state index contributed by atoms with van der Waals surface area (Å²) in [6, 6.07) is 0. The van der Waals surface area contributed by atoms with Gasteiger partial charge in [-0.1, -0.05) is 0 Å². The molecule has 0 aliphatic heterocycles. The minimum absolute atomic E-state index is 0.000116. The van der Waals surface area contributed by atoms with Gasteiger partial charge in [-0.2, -0.15) is 0 Å². The molecule has 2 aromatic rings. The average Bonchev–Trinajstić information content (AvgIpc) is 2.53. The van der Waals surface area contributed by atoms with E-state index < -0.39 is 11.2 Å². The zero-order valence-corrected chi connectivity index (χ0v) is 10.1. The first-order valence-electron chi connectivity index (χ1n) is 4.83. The van der Waals surface area contributed by atoms with E-state index in [1.807, 2.05) is 0 Å². The maximum Gasteiger partial charge on any atom is 0.329 e. The highest BCUT2D eigenvalue weighted by atomic mass is 32.1. The topological polar surface area (TPSA) is 92.7 Å². The lowest BCUT2D eigenvalue weighted by atomic mass is 10.4. The summed E-state index contributed by atoms with van der Waals surface area (Å²) in [6.07, 6.45) is 0. The van der Waals surface area contributed by atoms with Crippen molar-refractivity contribution in [1.29, 1.82) is 0 Å². The van der Waals surface area contributed by atoms with E-state index in [1.165, 1.54) is 23.1 Å². The van der Waals surface area contributed by atoms with E-state index in [1.54, 1.807) is 0 Å². The number of imidazole rings is 1. The standard InChI is InChI=1S/C9H10N4O3S/c1-4(14)3-13-5-6(10-9(13)17)12(2)8(16)11-7(5)15/h3H2,1-2H3,(H,10,17)(H,11,15,16). The number of H-pyrrole nitrogens is 2. The van der Waals surface area contributed by atoms with Gasteiger partial charge in [0.2, 0.25) is 0 Å². The van der Waals surface area contributed by atoms with Crippen molar-refractivity contribution in [3.05, 3.63) is 25.6 Å². The highest BCUT2D eigenvalue weighted by Gasteiger charge is 2.13. The van der Waals surface area contributed by atoms with E-state index in [-0.39, 0.29) is 22.6 Å². The van der Waals surface area contributed by atoms with Gasteiger partial charge in [0.15, 0.2) is 10.3 Å². The molecular weight excluding hydrogens is 244 g/mol. The van der Waals surface area contributed by atoms with Crippen molar-refractivity contribution in [2.75, 3.05) is 0 Å². The minimum Gasteiger partial charge on any atom is -0.316 e. The van der Waals surface area contributed by atoms with Crippen LogP contribution in [0, 0.1) is 4.77 Å². The molecule has 8 heteroatoms. The number of carbonyl (C=O) groups excluding carboxylic acids is 1. The fraction of sp³-hybridized carbons (Fsp3) is 0.333. The summed E-state index contributed by atoms with van der Waals surface area (Å²) in [5.41, 5.74) is -0.581. The van der Waals surface area contributed by atoms with Gasteiger partial charge in [0.1, 0.15) is 11.4 Å². The number of aryl methyl sites for hydroxylation is 1. The number of hydrogen-bond donors (Lipinski definition) is 2. The lowest BCUT2D eigenvalue weighted by Crippen LogP contribution is -2.29. The predicted octanol–water partition coefficient (Wildman–Crippen LogP) is -0.325. The molecule has 2 heterocycles. The number of ketones is 1. The van der Waals surface area contributed by atoms with Crippen LogP contribution in [0.1, 0.15) is 6.92 Å². The van der Waals surface area contributed by atoms with Gasteiger partial charge in [-0.15, -0.1) is 0 Å². The van der Waals surface area contributed by atoms with Crippen molar-refractivity contribution >= 4 is 29.2 Å². The normalized spacial score (nSPS) is 10.9. The predicted molar refractivity (Wildman–Crippen MR) is 63.7 cm³/mol. The van der Waals surface area contributed by atoms with Crippen LogP contribution in [0.25, 0.3) is 11.2 Å². The molecule has 0 fully saturated rings. The Morgan fingerprint density at radius 3 is 2.59 bits per heavy atom. The molecule has 0 radical (unpaired) electrons. The van der Waals surface area contributed by atoms with Gasteiger partial charge in [-0.05, 0) is 19.1 Å². The second-order valence-electron chi connectivity index (χ2n) is 3.73. The molecule has 2 rings (SSSR count). The molecule has 0 atom stereocenters. The number of hydrogen-bond acceptors (Lipinski definition) is 4. The van der Waals surface area contributed by atoms with E-state index in [2.05, 4.69) is 9.97 Å². The molecule has 0 unspecified atom stereocenters. The van der Waals surface area contributed by atoms with Crippen molar-refractivity contribution in [2.45, 2.75) is 13.5 Å². The Morgan fingerprint density at radius 1 is 1.35 bits per heavy atom. The van der Waals surface area contributed by atoms with Crippen LogP contribution in [0.2, 0.25) is 0 Å². The molecule has 2 aromatic heterocycles. The highest BCUT2D eigenvalue weighted by Crippen LogP contribution is 2.06. The summed E-state index contributed by atoms with van der Waals surface area (Å²) in [6.45, 7) is 1.40. The zero-order valence-electron chi connectivity index (χ0n) is 9.23. The number of carbonyl (C=O) groups is 1. The summed E-state index contributed by atoms with van der Waals surface area (Å²) < 4.78 is 2.86. The van der Waals surface area contributed by atoms with Crippen LogP contribution >= 0.6 is 12.2 Å². The van der Waals surface area contributed by atoms with E-state index in [0.29, 0.717) is 5.65 Å². The smallest absolute Gasteiger partial charge is 0.316 e. The Balaban J connectivity index is 2.97. The average molecular weight is 254 g/mol. The first-order chi connectivity index (χ1) is 7.91. The molecule has 90 valence electrons. The van der Waals surface area contributed by atoms with Crippen LogP contribution in [0.5, 0.6) is 0 Å². The molecule has 0 saturated carbocycles. The Bertz CT molecular complexity index is 776.